The predicted molar refractivity (Wildman–Crippen MR) is 170 cm³/mol. The van der Waals surface area contributed by atoms with Crippen molar-refractivity contribution < 1.29 is 0 Å². The van der Waals surface area contributed by atoms with Gasteiger partial charge < -0.3 is 0 Å². The fourth-order valence-electron chi connectivity index (χ4n) is 5.23. The molecule has 0 atom stereocenters. The van der Waals surface area contributed by atoms with Gasteiger partial charge in [0.05, 0.1) is 10.2 Å². The zero-order valence-corrected chi connectivity index (χ0v) is 22.7. The SMILES string of the molecule is c1ccc(-c2nc(-c3ccc4ccccc4c3)nc(-c3ccc4ccc5sc(-c6ccccc6)nc5c4c3)n2)cc1. The first-order chi connectivity index (χ1) is 20.3. The molecule has 0 aliphatic carbocycles. The highest BCUT2D eigenvalue weighted by Crippen LogP contribution is 2.36. The standard InChI is InChI=1S/C36H22N4S/c1-3-10-25(11-4-1)33-38-34(28-17-15-23-9-7-8-14-27(23)21-28)40-35(39-33)29-18-16-24-19-20-31-32(30(24)22-29)37-36(41-31)26-12-5-2-6-13-26/h1-22H. The van der Waals surface area contributed by atoms with E-state index in [1.54, 1.807) is 11.3 Å². The normalized spacial score (nSPS) is 11.4. The van der Waals surface area contributed by atoms with Gasteiger partial charge in [0.1, 0.15) is 5.01 Å². The van der Waals surface area contributed by atoms with Crippen molar-refractivity contribution >= 4 is 43.1 Å². The minimum atomic E-state index is 0.638. The molecule has 0 bridgehead atoms. The number of rotatable bonds is 4. The summed E-state index contributed by atoms with van der Waals surface area (Å²) < 4.78 is 1.16. The summed E-state index contributed by atoms with van der Waals surface area (Å²) in [6, 6.07) is 45.8. The number of benzene rings is 6. The Morgan fingerprint density at radius 3 is 1.68 bits per heavy atom. The molecule has 8 aromatic rings. The van der Waals surface area contributed by atoms with Crippen LogP contribution in [0.4, 0.5) is 0 Å². The smallest absolute Gasteiger partial charge is 0.164 e. The number of hydrogen-bond acceptors (Lipinski definition) is 5. The zero-order valence-electron chi connectivity index (χ0n) is 21.9. The van der Waals surface area contributed by atoms with E-state index in [1.807, 2.05) is 36.4 Å². The van der Waals surface area contributed by atoms with Crippen LogP contribution in [0.1, 0.15) is 0 Å². The fraction of sp³-hybridized carbons (Fsp3) is 0. The van der Waals surface area contributed by atoms with Crippen LogP contribution in [0, 0.1) is 0 Å². The van der Waals surface area contributed by atoms with E-state index >= 15 is 0 Å². The topological polar surface area (TPSA) is 51.6 Å². The van der Waals surface area contributed by atoms with Crippen molar-refractivity contribution in [3.63, 3.8) is 0 Å². The molecule has 41 heavy (non-hydrogen) atoms. The molecule has 2 heterocycles. The Labute approximate surface area is 240 Å². The van der Waals surface area contributed by atoms with E-state index in [-0.39, 0.29) is 0 Å². The van der Waals surface area contributed by atoms with Crippen LogP contribution >= 0.6 is 11.3 Å². The van der Waals surface area contributed by atoms with E-state index in [4.69, 9.17) is 19.9 Å². The summed E-state index contributed by atoms with van der Waals surface area (Å²) in [4.78, 5) is 20.0. The Kier molecular flexibility index (Phi) is 5.61. The van der Waals surface area contributed by atoms with Crippen LogP contribution in [0.25, 0.3) is 76.5 Å². The summed E-state index contributed by atoms with van der Waals surface area (Å²) >= 11 is 1.71. The van der Waals surface area contributed by atoms with Gasteiger partial charge in [0.25, 0.3) is 0 Å². The lowest BCUT2D eigenvalue weighted by molar-refractivity contribution is 1.08. The van der Waals surface area contributed by atoms with Gasteiger partial charge in [-0.1, -0.05) is 115 Å². The molecular weight excluding hydrogens is 520 g/mol. The molecule has 0 aliphatic rings. The molecule has 0 unspecified atom stereocenters. The quantitative estimate of drug-likeness (QED) is 0.222. The average Bonchev–Trinajstić information content (AvgIpc) is 3.50. The van der Waals surface area contributed by atoms with Crippen LogP contribution in [-0.4, -0.2) is 19.9 Å². The highest BCUT2D eigenvalue weighted by molar-refractivity contribution is 7.21. The van der Waals surface area contributed by atoms with Crippen LogP contribution < -0.4 is 0 Å². The summed E-state index contributed by atoms with van der Waals surface area (Å²) in [5, 5.41) is 5.58. The van der Waals surface area contributed by atoms with Gasteiger partial charge in [-0.05, 0) is 34.4 Å². The largest absolute Gasteiger partial charge is 0.235 e. The van der Waals surface area contributed by atoms with Gasteiger partial charge in [0.15, 0.2) is 17.5 Å². The lowest BCUT2D eigenvalue weighted by atomic mass is 10.0. The Hall–Kier alpha value is -5.26. The highest BCUT2D eigenvalue weighted by atomic mass is 32.1. The van der Waals surface area contributed by atoms with E-state index in [9.17, 15) is 0 Å². The Morgan fingerprint density at radius 2 is 0.951 bits per heavy atom. The molecule has 8 rings (SSSR count). The van der Waals surface area contributed by atoms with Gasteiger partial charge in [-0.25, -0.2) is 19.9 Å². The number of nitrogens with zero attached hydrogens (tertiary/aromatic N) is 4. The van der Waals surface area contributed by atoms with Crippen molar-refractivity contribution in [1.82, 2.24) is 19.9 Å². The lowest BCUT2D eigenvalue weighted by Gasteiger charge is -2.10. The molecule has 5 heteroatoms. The lowest BCUT2D eigenvalue weighted by Crippen LogP contribution is -2.00. The molecule has 2 aromatic heterocycles. The van der Waals surface area contributed by atoms with Crippen LogP contribution in [0.15, 0.2) is 133 Å². The van der Waals surface area contributed by atoms with Crippen molar-refractivity contribution in [2.45, 2.75) is 0 Å². The third kappa shape index (κ3) is 4.33. The van der Waals surface area contributed by atoms with Gasteiger partial charge in [-0.15, -0.1) is 11.3 Å². The van der Waals surface area contributed by atoms with Crippen LogP contribution in [0.3, 0.4) is 0 Å². The van der Waals surface area contributed by atoms with Crippen molar-refractivity contribution in [3.8, 4) is 44.7 Å². The van der Waals surface area contributed by atoms with Crippen molar-refractivity contribution in [2.75, 3.05) is 0 Å². The maximum Gasteiger partial charge on any atom is 0.164 e. The van der Waals surface area contributed by atoms with Crippen LogP contribution in [0.5, 0.6) is 0 Å². The maximum absolute atomic E-state index is 5.07. The second kappa shape index (κ2) is 9.73. The monoisotopic (exact) mass is 542 g/mol. The molecule has 0 amide bonds. The average molecular weight is 543 g/mol. The van der Waals surface area contributed by atoms with E-state index < -0.39 is 0 Å². The third-order valence-corrected chi connectivity index (χ3v) is 8.40. The molecule has 0 aliphatic heterocycles. The summed E-state index contributed by atoms with van der Waals surface area (Å²) in [6.45, 7) is 0. The molecule has 0 N–H and O–H groups in total. The maximum atomic E-state index is 5.07. The van der Waals surface area contributed by atoms with Crippen molar-refractivity contribution in [3.05, 3.63) is 133 Å². The predicted octanol–water partition coefficient (Wildman–Crippen LogP) is 9.46. The van der Waals surface area contributed by atoms with Crippen LogP contribution in [0.2, 0.25) is 0 Å². The Morgan fingerprint density at radius 1 is 0.390 bits per heavy atom. The van der Waals surface area contributed by atoms with E-state index in [1.165, 1.54) is 5.39 Å². The van der Waals surface area contributed by atoms with Gasteiger partial charge in [-0.3, -0.25) is 0 Å². The molecular formula is C36H22N4S. The number of thiazole rings is 1. The first kappa shape index (κ1) is 23.6. The van der Waals surface area contributed by atoms with Gasteiger partial charge in [0, 0.05) is 27.6 Å². The fourth-order valence-corrected chi connectivity index (χ4v) is 6.22. The van der Waals surface area contributed by atoms with Gasteiger partial charge in [0.2, 0.25) is 0 Å². The molecule has 0 radical (unpaired) electrons. The molecule has 6 aromatic carbocycles. The van der Waals surface area contributed by atoms with Crippen LogP contribution in [-0.2, 0) is 0 Å². The van der Waals surface area contributed by atoms with Crippen molar-refractivity contribution in [1.29, 1.82) is 0 Å². The summed E-state index contributed by atoms with van der Waals surface area (Å²) in [5.74, 6) is 1.94. The minimum Gasteiger partial charge on any atom is -0.235 e. The molecule has 192 valence electrons. The second-order valence-electron chi connectivity index (χ2n) is 9.97. The first-order valence-electron chi connectivity index (χ1n) is 13.5. The summed E-state index contributed by atoms with van der Waals surface area (Å²) in [6.07, 6.45) is 0. The molecule has 0 saturated heterocycles. The van der Waals surface area contributed by atoms with E-state index in [0.29, 0.717) is 17.5 Å². The van der Waals surface area contributed by atoms with E-state index in [2.05, 4.69) is 97.1 Å². The number of aromatic nitrogens is 4. The highest BCUT2D eigenvalue weighted by Gasteiger charge is 2.15. The van der Waals surface area contributed by atoms with Gasteiger partial charge in [-0.2, -0.15) is 0 Å². The Balaban J connectivity index is 1.31. The summed E-state index contributed by atoms with van der Waals surface area (Å²) in [5.41, 5.74) is 4.97. The second-order valence-corrected chi connectivity index (χ2v) is 11.0. The zero-order chi connectivity index (χ0) is 27.2. The Bertz CT molecular complexity index is 2210. The molecule has 0 spiro atoms. The molecule has 0 saturated carbocycles. The van der Waals surface area contributed by atoms with E-state index in [0.717, 1.165) is 53.6 Å². The molecule has 0 fully saturated rings. The van der Waals surface area contributed by atoms with Gasteiger partial charge >= 0.3 is 0 Å². The third-order valence-electron chi connectivity index (χ3n) is 7.33. The van der Waals surface area contributed by atoms with Crippen molar-refractivity contribution in [2.24, 2.45) is 0 Å². The summed E-state index contributed by atoms with van der Waals surface area (Å²) in [7, 11) is 0. The number of hydrogen-bond donors (Lipinski definition) is 0. The minimum absolute atomic E-state index is 0.638. The number of fused-ring (bicyclic) bond motifs is 4. The first-order valence-corrected chi connectivity index (χ1v) is 14.3. The molecule has 4 nitrogen and oxygen atoms in total.